The Bertz CT molecular complexity index is 845. The van der Waals surface area contributed by atoms with Crippen molar-refractivity contribution in [1.82, 2.24) is 20.2 Å². The number of hydrogen-bond acceptors (Lipinski definition) is 7. The average Bonchev–Trinajstić information content (AvgIpc) is 3.27. The molecule has 1 saturated carbocycles. The molecule has 0 bridgehead atoms. The summed E-state index contributed by atoms with van der Waals surface area (Å²) in [5.41, 5.74) is 0.488. The highest BCUT2D eigenvalue weighted by molar-refractivity contribution is 8.00. The van der Waals surface area contributed by atoms with Crippen LogP contribution in [0.3, 0.4) is 0 Å². The Morgan fingerprint density at radius 2 is 2.04 bits per heavy atom. The van der Waals surface area contributed by atoms with Crippen LogP contribution in [0.15, 0.2) is 34.3 Å². The van der Waals surface area contributed by atoms with Crippen molar-refractivity contribution in [1.29, 1.82) is 0 Å². The summed E-state index contributed by atoms with van der Waals surface area (Å²) in [6.07, 6.45) is 2.10. The molecule has 1 heterocycles. The van der Waals surface area contributed by atoms with Crippen LogP contribution in [-0.4, -0.2) is 39.8 Å². The van der Waals surface area contributed by atoms with Gasteiger partial charge in [-0.1, -0.05) is 11.8 Å². The molecule has 3 N–H and O–H groups in total. The largest absolute Gasteiger partial charge is 0.325 e. The zero-order valence-electron chi connectivity index (χ0n) is 12.8. The number of amides is 1. The molecule has 1 fully saturated rings. The molecule has 0 spiro atoms. The first-order valence-corrected chi connectivity index (χ1v) is 9.65. The fourth-order valence-electron chi connectivity index (χ4n) is 1.99. The van der Waals surface area contributed by atoms with Crippen molar-refractivity contribution in [3.63, 3.8) is 0 Å². The molecular formula is C13H16N6O3S2. The van der Waals surface area contributed by atoms with E-state index in [-0.39, 0.29) is 10.8 Å². The minimum atomic E-state index is -3.75. The second kappa shape index (κ2) is 6.49. The van der Waals surface area contributed by atoms with Gasteiger partial charge in [-0.25, -0.2) is 18.2 Å². The van der Waals surface area contributed by atoms with E-state index < -0.39 is 15.3 Å². The third kappa shape index (κ3) is 3.91. The fourth-order valence-corrected chi connectivity index (χ4v) is 3.37. The molecule has 1 amide bonds. The highest BCUT2D eigenvalue weighted by atomic mass is 32.2. The summed E-state index contributed by atoms with van der Waals surface area (Å²) in [7, 11) is -3.75. The van der Waals surface area contributed by atoms with E-state index in [2.05, 4.69) is 20.8 Å². The number of primary sulfonamides is 1. The minimum absolute atomic E-state index is 0.00784. The SMILES string of the molecule is CC(Sc1nnnn1C1CC1)C(=O)Nc1ccc(S(N)(=O)=O)cc1. The summed E-state index contributed by atoms with van der Waals surface area (Å²) in [4.78, 5) is 12.3. The molecule has 24 heavy (non-hydrogen) atoms. The van der Waals surface area contributed by atoms with Gasteiger partial charge in [0.25, 0.3) is 0 Å². The van der Waals surface area contributed by atoms with Crippen molar-refractivity contribution >= 4 is 33.4 Å². The first kappa shape index (κ1) is 16.9. The number of nitrogens with two attached hydrogens (primary N) is 1. The molecule has 11 heteroatoms. The maximum absolute atomic E-state index is 12.3. The number of thioether (sulfide) groups is 1. The molecule has 0 saturated heterocycles. The lowest BCUT2D eigenvalue weighted by Crippen LogP contribution is -2.23. The van der Waals surface area contributed by atoms with Gasteiger partial charge in [0.1, 0.15) is 0 Å². The summed E-state index contributed by atoms with van der Waals surface area (Å²) in [6, 6.07) is 6.00. The molecule has 1 atom stereocenters. The van der Waals surface area contributed by atoms with Crippen LogP contribution < -0.4 is 10.5 Å². The Morgan fingerprint density at radius 3 is 2.62 bits per heavy atom. The number of nitrogens with zero attached hydrogens (tertiary/aromatic N) is 4. The zero-order valence-corrected chi connectivity index (χ0v) is 14.4. The van der Waals surface area contributed by atoms with E-state index in [0.717, 1.165) is 12.8 Å². The van der Waals surface area contributed by atoms with Crippen molar-refractivity contribution in [2.24, 2.45) is 5.14 Å². The van der Waals surface area contributed by atoms with Crippen molar-refractivity contribution in [3.8, 4) is 0 Å². The van der Waals surface area contributed by atoms with E-state index in [1.807, 2.05) is 0 Å². The summed E-state index contributed by atoms with van der Waals surface area (Å²) in [5.74, 6) is -0.228. The molecule has 0 aliphatic heterocycles. The Morgan fingerprint density at radius 1 is 1.38 bits per heavy atom. The molecule has 3 rings (SSSR count). The summed E-state index contributed by atoms with van der Waals surface area (Å²) in [6.45, 7) is 1.75. The molecule has 1 aromatic heterocycles. The molecule has 1 aliphatic carbocycles. The van der Waals surface area contributed by atoms with Gasteiger partial charge in [0.15, 0.2) is 0 Å². The van der Waals surface area contributed by atoms with E-state index in [4.69, 9.17) is 5.14 Å². The first-order chi connectivity index (χ1) is 11.3. The molecule has 1 aliphatic rings. The lowest BCUT2D eigenvalue weighted by molar-refractivity contribution is -0.115. The molecule has 0 radical (unpaired) electrons. The van der Waals surface area contributed by atoms with Crippen LogP contribution >= 0.6 is 11.8 Å². The van der Waals surface area contributed by atoms with Gasteiger partial charge < -0.3 is 5.32 Å². The highest BCUT2D eigenvalue weighted by Gasteiger charge is 2.29. The lowest BCUT2D eigenvalue weighted by Gasteiger charge is -2.11. The van der Waals surface area contributed by atoms with E-state index in [1.165, 1.54) is 36.0 Å². The van der Waals surface area contributed by atoms with Gasteiger partial charge in [0.05, 0.1) is 16.2 Å². The topological polar surface area (TPSA) is 133 Å². The van der Waals surface area contributed by atoms with Crippen LogP contribution in [0.5, 0.6) is 0 Å². The summed E-state index contributed by atoms with van der Waals surface area (Å²) < 4.78 is 24.2. The molecule has 2 aromatic rings. The number of aromatic nitrogens is 4. The van der Waals surface area contributed by atoms with E-state index in [9.17, 15) is 13.2 Å². The van der Waals surface area contributed by atoms with E-state index in [0.29, 0.717) is 16.9 Å². The van der Waals surface area contributed by atoms with Crippen molar-refractivity contribution in [3.05, 3.63) is 24.3 Å². The van der Waals surface area contributed by atoms with Gasteiger partial charge in [0.2, 0.25) is 21.1 Å². The molecule has 1 unspecified atom stereocenters. The number of nitrogens with one attached hydrogen (secondary N) is 1. The van der Waals surface area contributed by atoms with Crippen molar-refractivity contribution in [2.75, 3.05) is 5.32 Å². The van der Waals surface area contributed by atoms with Gasteiger partial charge in [-0.15, -0.1) is 5.10 Å². The quantitative estimate of drug-likeness (QED) is 0.720. The maximum Gasteiger partial charge on any atom is 0.238 e. The Hall–Kier alpha value is -1.98. The predicted octanol–water partition coefficient (Wildman–Crippen LogP) is 0.775. The summed E-state index contributed by atoms with van der Waals surface area (Å²) in [5, 5.41) is 19.5. The van der Waals surface area contributed by atoms with E-state index >= 15 is 0 Å². The van der Waals surface area contributed by atoms with Gasteiger partial charge >= 0.3 is 0 Å². The smallest absolute Gasteiger partial charge is 0.238 e. The van der Waals surface area contributed by atoms with Crippen molar-refractivity contribution in [2.45, 2.75) is 41.1 Å². The van der Waals surface area contributed by atoms with E-state index in [1.54, 1.807) is 11.6 Å². The standard InChI is InChI=1S/C13H16N6O3S2/c1-8(23-13-16-17-18-19(13)10-4-5-10)12(20)15-9-2-6-11(7-3-9)24(14,21)22/h2-3,6-8,10H,4-5H2,1H3,(H,15,20)(H2,14,21,22). The zero-order chi connectivity index (χ0) is 17.3. The predicted molar refractivity (Wildman–Crippen MR) is 87.9 cm³/mol. The number of benzene rings is 1. The third-order valence-electron chi connectivity index (χ3n) is 3.46. The van der Waals surface area contributed by atoms with Crippen LogP contribution in [0.1, 0.15) is 25.8 Å². The number of sulfonamides is 1. The fraction of sp³-hybridized carbons (Fsp3) is 0.385. The molecular weight excluding hydrogens is 352 g/mol. The van der Waals surface area contributed by atoms with Crippen LogP contribution in [0.25, 0.3) is 0 Å². The lowest BCUT2D eigenvalue weighted by atomic mass is 10.3. The molecule has 1 aromatic carbocycles. The van der Waals surface area contributed by atoms with Gasteiger partial charge in [-0.05, 0) is 54.5 Å². The summed E-state index contributed by atoms with van der Waals surface area (Å²) >= 11 is 1.28. The highest BCUT2D eigenvalue weighted by Crippen LogP contribution is 2.37. The average molecular weight is 368 g/mol. The number of anilines is 1. The number of carbonyl (C=O) groups excluding carboxylic acids is 1. The van der Waals surface area contributed by atoms with Gasteiger partial charge in [-0.2, -0.15) is 0 Å². The molecule has 9 nitrogen and oxygen atoms in total. The Kier molecular flexibility index (Phi) is 4.56. The van der Waals surface area contributed by atoms with Crippen molar-refractivity contribution < 1.29 is 13.2 Å². The third-order valence-corrected chi connectivity index (χ3v) is 5.43. The number of carbonyl (C=O) groups is 1. The number of tetrazole rings is 1. The second-order valence-corrected chi connectivity index (χ2v) is 8.33. The monoisotopic (exact) mass is 368 g/mol. The van der Waals surface area contributed by atoms with Crippen LogP contribution in [-0.2, 0) is 14.8 Å². The Labute approximate surface area is 143 Å². The van der Waals surface area contributed by atoms with Crippen LogP contribution in [0.4, 0.5) is 5.69 Å². The Balaban J connectivity index is 1.62. The number of rotatable bonds is 6. The normalized spacial score (nSPS) is 15.9. The van der Waals surface area contributed by atoms with Crippen LogP contribution in [0.2, 0.25) is 0 Å². The van der Waals surface area contributed by atoms with Gasteiger partial charge in [0, 0.05) is 5.69 Å². The molecule has 128 valence electrons. The van der Waals surface area contributed by atoms with Gasteiger partial charge in [-0.3, -0.25) is 4.79 Å². The van der Waals surface area contributed by atoms with Crippen LogP contribution in [0, 0.1) is 0 Å². The second-order valence-electron chi connectivity index (χ2n) is 5.46. The number of hydrogen-bond donors (Lipinski definition) is 2. The first-order valence-electron chi connectivity index (χ1n) is 7.23. The maximum atomic E-state index is 12.3. The minimum Gasteiger partial charge on any atom is -0.325 e.